The molecule has 1 N–H and O–H groups in total. The van der Waals surface area contributed by atoms with Gasteiger partial charge in [0.2, 0.25) is 5.91 Å². The van der Waals surface area contributed by atoms with Crippen molar-refractivity contribution < 1.29 is 4.79 Å². The summed E-state index contributed by atoms with van der Waals surface area (Å²) in [6, 6.07) is 5.66. The molecule has 1 saturated heterocycles. The van der Waals surface area contributed by atoms with Gasteiger partial charge in [-0.1, -0.05) is 0 Å². The number of pyridine rings is 1. The van der Waals surface area contributed by atoms with Crippen molar-refractivity contribution in [1.29, 1.82) is 0 Å². The highest BCUT2D eigenvalue weighted by Gasteiger charge is 2.12. The lowest BCUT2D eigenvalue weighted by atomic mass is 10.1. The molecule has 110 valence electrons. The molecule has 1 aliphatic rings. The number of nitrogens with one attached hydrogen (secondary N) is 1. The maximum absolute atomic E-state index is 11.9. The van der Waals surface area contributed by atoms with Crippen LogP contribution in [-0.4, -0.2) is 33.8 Å². The van der Waals surface area contributed by atoms with E-state index >= 15 is 0 Å². The molecule has 6 heteroatoms. The summed E-state index contributed by atoms with van der Waals surface area (Å²) in [5.74, 6) is 0.881. The van der Waals surface area contributed by atoms with Gasteiger partial charge in [0.05, 0.1) is 11.9 Å². The molecular formula is C15H19N5O. The van der Waals surface area contributed by atoms with E-state index in [9.17, 15) is 4.79 Å². The molecule has 0 spiro atoms. The molecule has 0 bridgehead atoms. The minimum Gasteiger partial charge on any atom is -0.357 e. The van der Waals surface area contributed by atoms with E-state index in [1.807, 2.05) is 12.1 Å². The summed E-state index contributed by atoms with van der Waals surface area (Å²) in [7, 11) is 0. The zero-order chi connectivity index (χ0) is 14.5. The van der Waals surface area contributed by atoms with E-state index in [4.69, 9.17) is 0 Å². The largest absolute Gasteiger partial charge is 0.357 e. The Hall–Kier alpha value is -2.37. The van der Waals surface area contributed by atoms with Gasteiger partial charge in [0.1, 0.15) is 12.4 Å². The standard InChI is InChI=1S/C15H19N5O/c21-15(12-20-10-4-7-17-20)18-13-5-6-14(16-11-13)19-8-2-1-3-9-19/h4-7,10-11H,1-3,8-9,12H2,(H,18,21). The predicted molar refractivity (Wildman–Crippen MR) is 81.2 cm³/mol. The highest BCUT2D eigenvalue weighted by Crippen LogP contribution is 2.18. The second kappa shape index (κ2) is 6.39. The van der Waals surface area contributed by atoms with Crippen molar-refractivity contribution in [2.75, 3.05) is 23.3 Å². The van der Waals surface area contributed by atoms with E-state index in [2.05, 4.69) is 20.3 Å². The van der Waals surface area contributed by atoms with Crippen molar-refractivity contribution in [3.05, 3.63) is 36.8 Å². The third kappa shape index (κ3) is 3.59. The van der Waals surface area contributed by atoms with Crippen LogP contribution in [0, 0.1) is 0 Å². The first kappa shape index (κ1) is 13.6. The Kier molecular flexibility index (Phi) is 4.14. The molecule has 3 rings (SSSR count). The van der Waals surface area contributed by atoms with Crippen LogP contribution in [0.15, 0.2) is 36.8 Å². The fourth-order valence-corrected chi connectivity index (χ4v) is 2.51. The van der Waals surface area contributed by atoms with E-state index in [1.54, 1.807) is 29.3 Å². The highest BCUT2D eigenvalue weighted by molar-refractivity contribution is 5.90. The van der Waals surface area contributed by atoms with Crippen molar-refractivity contribution in [2.24, 2.45) is 0 Å². The molecule has 2 aromatic heterocycles. The van der Waals surface area contributed by atoms with Gasteiger partial charge in [-0.3, -0.25) is 9.48 Å². The Bertz CT molecular complexity index is 573. The minimum absolute atomic E-state index is 0.105. The van der Waals surface area contributed by atoms with Crippen LogP contribution in [0.5, 0.6) is 0 Å². The summed E-state index contributed by atoms with van der Waals surface area (Å²) in [6.07, 6.45) is 8.89. The summed E-state index contributed by atoms with van der Waals surface area (Å²) in [5, 5.41) is 6.84. The van der Waals surface area contributed by atoms with Crippen LogP contribution >= 0.6 is 0 Å². The summed E-state index contributed by atoms with van der Waals surface area (Å²) in [6.45, 7) is 2.34. The summed E-state index contributed by atoms with van der Waals surface area (Å²) >= 11 is 0. The molecule has 0 aromatic carbocycles. The summed E-state index contributed by atoms with van der Waals surface area (Å²) < 4.78 is 1.59. The molecule has 0 aliphatic carbocycles. The van der Waals surface area contributed by atoms with Gasteiger partial charge in [-0.05, 0) is 37.5 Å². The van der Waals surface area contributed by atoms with Crippen LogP contribution in [0.25, 0.3) is 0 Å². The molecule has 2 aromatic rings. The molecule has 1 amide bonds. The average Bonchev–Trinajstić information content (AvgIpc) is 3.02. The monoisotopic (exact) mass is 285 g/mol. The van der Waals surface area contributed by atoms with E-state index in [-0.39, 0.29) is 12.5 Å². The number of anilines is 2. The molecule has 0 atom stereocenters. The van der Waals surface area contributed by atoms with E-state index in [1.165, 1.54) is 19.3 Å². The van der Waals surface area contributed by atoms with Crippen LogP contribution in [0.4, 0.5) is 11.5 Å². The molecule has 1 aliphatic heterocycles. The first-order valence-electron chi connectivity index (χ1n) is 7.29. The second-order valence-electron chi connectivity index (χ2n) is 5.20. The third-order valence-corrected chi connectivity index (χ3v) is 3.58. The third-order valence-electron chi connectivity index (χ3n) is 3.58. The zero-order valence-corrected chi connectivity index (χ0v) is 11.9. The molecule has 3 heterocycles. The maximum Gasteiger partial charge on any atom is 0.246 e. The molecule has 0 saturated carbocycles. The zero-order valence-electron chi connectivity index (χ0n) is 11.9. The SMILES string of the molecule is O=C(Cn1cccn1)Nc1ccc(N2CCCCC2)nc1. The van der Waals surface area contributed by atoms with Crippen molar-refractivity contribution >= 4 is 17.4 Å². The Morgan fingerprint density at radius 2 is 2.10 bits per heavy atom. The molecule has 21 heavy (non-hydrogen) atoms. The lowest BCUT2D eigenvalue weighted by Crippen LogP contribution is -2.30. The first-order valence-corrected chi connectivity index (χ1v) is 7.29. The Balaban J connectivity index is 1.57. The van der Waals surface area contributed by atoms with Crippen LogP contribution < -0.4 is 10.2 Å². The maximum atomic E-state index is 11.9. The van der Waals surface area contributed by atoms with E-state index in [0.29, 0.717) is 5.69 Å². The quantitative estimate of drug-likeness (QED) is 0.932. The van der Waals surface area contributed by atoms with Gasteiger partial charge in [0.25, 0.3) is 0 Å². The van der Waals surface area contributed by atoms with Crippen molar-refractivity contribution in [3.8, 4) is 0 Å². The van der Waals surface area contributed by atoms with Gasteiger partial charge in [0.15, 0.2) is 0 Å². The Morgan fingerprint density at radius 3 is 2.76 bits per heavy atom. The van der Waals surface area contributed by atoms with Gasteiger partial charge in [0, 0.05) is 25.5 Å². The van der Waals surface area contributed by atoms with Crippen LogP contribution in [0.1, 0.15) is 19.3 Å². The van der Waals surface area contributed by atoms with Gasteiger partial charge in [-0.2, -0.15) is 5.10 Å². The van der Waals surface area contributed by atoms with Crippen LogP contribution in [0.3, 0.4) is 0 Å². The average molecular weight is 285 g/mol. The van der Waals surface area contributed by atoms with E-state index < -0.39 is 0 Å². The number of carbonyl (C=O) groups is 1. The molecule has 6 nitrogen and oxygen atoms in total. The number of nitrogens with zero attached hydrogens (tertiary/aromatic N) is 4. The normalized spacial score (nSPS) is 15.0. The molecule has 0 unspecified atom stereocenters. The molecular weight excluding hydrogens is 266 g/mol. The first-order chi connectivity index (χ1) is 10.3. The van der Waals surface area contributed by atoms with Crippen LogP contribution in [0.2, 0.25) is 0 Å². The predicted octanol–water partition coefficient (Wildman–Crippen LogP) is 1.91. The fraction of sp³-hybridized carbons (Fsp3) is 0.400. The van der Waals surface area contributed by atoms with Gasteiger partial charge < -0.3 is 10.2 Å². The smallest absolute Gasteiger partial charge is 0.246 e. The Labute approximate surface area is 123 Å². The topological polar surface area (TPSA) is 63.1 Å². The summed E-state index contributed by atoms with van der Waals surface area (Å²) in [5.41, 5.74) is 0.716. The second-order valence-corrected chi connectivity index (χ2v) is 5.20. The molecule has 0 radical (unpaired) electrons. The number of amides is 1. The lowest BCUT2D eigenvalue weighted by Gasteiger charge is -2.27. The fourth-order valence-electron chi connectivity index (χ4n) is 2.51. The van der Waals surface area contributed by atoms with Gasteiger partial charge >= 0.3 is 0 Å². The molecule has 1 fully saturated rings. The number of rotatable bonds is 4. The Morgan fingerprint density at radius 1 is 1.24 bits per heavy atom. The summed E-state index contributed by atoms with van der Waals surface area (Å²) in [4.78, 5) is 18.6. The number of piperidine rings is 1. The minimum atomic E-state index is -0.105. The van der Waals surface area contributed by atoms with Crippen molar-refractivity contribution in [1.82, 2.24) is 14.8 Å². The highest BCUT2D eigenvalue weighted by atomic mass is 16.2. The number of hydrogen-bond acceptors (Lipinski definition) is 4. The van der Waals surface area contributed by atoms with Crippen molar-refractivity contribution in [2.45, 2.75) is 25.8 Å². The van der Waals surface area contributed by atoms with Gasteiger partial charge in [-0.25, -0.2) is 4.98 Å². The lowest BCUT2D eigenvalue weighted by molar-refractivity contribution is -0.116. The van der Waals surface area contributed by atoms with Crippen molar-refractivity contribution in [3.63, 3.8) is 0 Å². The van der Waals surface area contributed by atoms with Gasteiger partial charge in [-0.15, -0.1) is 0 Å². The number of carbonyl (C=O) groups excluding carboxylic acids is 1. The van der Waals surface area contributed by atoms with Crippen LogP contribution in [-0.2, 0) is 11.3 Å². The number of hydrogen-bond donors (Lipinski definition) is 1. The van der Waals surface area contributed by atoms with E-state index in [0.717, 1.165) is 18.9 Å². The number of aromatic nitrogens is 3.